The highest BCUT2D eigenvalue weighted by Gasteiger charge is 2.35. The second-order valence-electron chi connectivity index (χ2n) is 4.29. The van der Waals surface area contributed by atoms with E-state index in [1.165, 1.54) is 0 Å². The van der Waals surface area contributed by atoms with Gasteiger partial charge < -0.3 is 14.5 Å². The minimum atomic E-state index is 0. The summed E-state index contributed by atoms with van der Waals surface area (Å²) in [6.07, 6.45) is 5.79. The van der Waals surface area contributed by atoms with Gasteiger partial charge in [0.2, 0.25) is 0 Å². The Morgan fingerprint density at radius 3 is 2.76 bits per heavy atom. The van der Waals surface area contributed by atoms with Crippen molar-refractivity contribution in [2.45, 2.75) is 12.8 Å². The number of allylic oxidation sites excluding steroid dienone is 1. The molecule has 1 N–H and O–H groups in total. The molecular weight excluding hydrogens is 240 g/mol. The summed E-state index contributed by atoms with van der Waals surface area (Å²) in [4.78, 5) is 2.26. The van der Waals surface area contributed by atoms with E-state index in [0.717, 1.165) is 43.1 Å². The lowest BCUT2D eigenvalue weighted by molar-refractivity contribution is 0.229. The molecule has 2 bridgehead atoms. The second kappa shape index (κ2) is 4.84. The van der Waals surface area contributed by atoms with Crippen molar-refractivity contribution in [3.05, 3.63) is 29.9 Å². The molecule has 4 heterocycles. The van der Waals surface area contributed by atoms with E-state index in [0.29, 0.717) is 5.92 Å². The summed E-state index contributed by atoms with van der Waals surface area (Å²) in [5.74, 6) is 1.22. The molecule has 3 fully saturated rings. The minimum Gasteiger partial charge on any atom is -0.465 e. The maximum atomic E-state index is 9.10. The topological polar surface area (TPSA) is 49.0 Å². The summed E-state index contributed by atoms with van der Waals surface area (Å²) >= 11 is 0. The first-order valence-corrected chi connectivity index (χ1v) is 5.61. The molecule has 0 atom stereocenters. The van der Waals surface area contributed by atoms with Crippen LogP contribution in [0.15, 0.2) is 33.7 Å². The van der Waals surface area contributed by atoms with Crippen molar-refractivity contribution in [2.24, 2.45) is 11.1 Å². The van der Waals surface area contributed by atoms with Crippen molar-refractivity contribution in [2.75, 3.05) is 13.1 Å². The highest BCUT2D eigenvalue weighted by Crippen LogP contribution is 2.33. The van der Waals surface area contributed by atoms with E-state index in [1.54, 1.807) is 6.26 Å². The predicted octanol–water partition coefficient (Wildman–Crippen LogP) is 2.60. The lowest BCUT2D eigenvalue weighted by atomic mass is 9.84. The zero-order valence-electron chi connectivity index (χ0n) is 9.37. The summed E-state index contributed by atoms with van der Waals surface area (Å²) in [6, 6.07) is 3.77. The van der Waals surface area contributed by atoms with Gasteiger partial charge in [0.15, 0.2) is 0 Å². The molecule has 4 nitrogen and oxygen atoms in total. The minimum absolute atomic E-state index is 0. The van der Waals surface area contributed by atoms with Gasteiger partial charge in [0.25, 0.3) is 0 Å². The zero-order valence-corrected chi connectivity index (χ0v) is 10.2. The molecule has 1 aromatic heterocycles. The first-order chi connectivity index (χ1) is 7.88. The van der Waals surface area contributed by atoms with Gasteiger partial charge in [-0.15, -0.1) is 12.4 Å². The van der Waals surface area contributed by atoms with Crippen LogP contribution < -0.4 is 0 Å². The van der Waals surface area contributed by atoms with Crippen LogP contribution in [0.3, 0.4) is 0 Å². The second-order valence-corrected chi connectivity index (χ2v) is 4.29. The van der Waals surface area contributed by atoms with Gasteiger partial charge in [-0.05, 0) is 25.0 Å². The number of piperidine rings is 3. The van der Waals surface area contributed by atoms with Crippen molar-refractivity contribution in [3.8, 4) is 0 Å². The Morgan fingerprint density at radius 1 is 1.41 bits per heavy atom. The molecule has 5 heteroatoms. The number of fused-ring (bicyclic) bond motifs is 3. The smallest absolute Gasteiger partial charge is 0.128 e. The monoisotopic (exact) mass is 254 g/mol. The third-order valence-corrected chi connectivity index (χ3v) is 3.41. The van der Waals surface area contributed by atoms with Crippen LogP contribution in [0.2, 0.25) is 0 Å². The van der Waals surface area contributed by atoms with Gasteiger partial charge in [0.1, 0.15) is 11.5 Å². The van der Waals surface area contributed by atoms with Crippen LogP contribution in [-0.2, 0) is 0 Å². The van der Waals surface area contributed by atoms with Crippen molar-refractivity contribution < 1.29 is 9.62 Å². The molecule has 0 aliphatic carbocycles. The Labute approximate surface area is 106 Å². The molecule has 3 aliphatic rings. The lowest BCUT2D eigenvalue weighted by Gasteiger charge is -2.42. The SMILES string of the molecule is Cl.ON=C1/C(=C/c2ccco2)N2CCC1CC2. The Balaban J connectivity index is 0.00000108. The molecule has 1 aromatic rings. The van der Waals surface area contributed by atoms with Gasteiger partial charge in [-0.3, -0.25) is 0 Å². The summed E-state index contributed by atoms with van der Waals surface area (Å²) < 4.78 is 5.30. The van der Waals surface area contributed by atoms with Crippen LogP contribution in [0.5, 0.6) is 0 Å². The van der Waals surface area contributed by atoms with Crippen molar-refractivity contribution in [1.29, 1.82) is 0 Å². The first-order valence-electron chi connectivity index (χ1n) is 5.61. The van der Waals surface area contributed by atoms with Crippen LogP contribution >= 0.6 is 12.4 Å². The summed E-state index contributed by atoms with van der Waals surface area (Å²) in [7, 11) is 0. The molecule has 0 unspecified atom stereocenters. The maximum absolute atomic E-state index is 9.10. The molecule has 0 radical (unpaired) electrons. The molecular formula is C12H15ClN2O2. The molecule has 17 heavy (non-hydrogen) atoms. The Kier molecular flexibility index (Phi) is 3.43. The van der Waals surface area contributed by atoms with Crippen LogP contribution in [-0.4, -0.2) is 28.9 Å². The predicted molar refractivity (Wildman–Crippen MR) is 67.5 cm³/mol. The van der Waals surface area contributed by atoms with Crippen LogP contribution in [0.1, 0.15) is 18.6 Å². The fourth-order valence-corrected chi connectivity index (χ4v) is 2.57. The molecule has 0 saturated carbocycles. The molecule has 0 aromatic carbocycles. The highest BCUT2D eigenvalue weighted by atomic mass is 35.5. The largest absolute Gasteiger partial charge is 0.465 e. The van der Waals surface area contributed by atoms with Gasteiger partial charge in [-0.25, -0.2) is 0 Å². The van der Waals surface area contributed by atoms with E-state index in [-0.39, 0.29) is 12.4 Å². The van der Waals surface area contributed by atoms with Gasteiger partial charge in [-0.1, -0.05) is 5.16 Å². The maximum Gasteiger partial charge on any atom is 0.128 e. The number of hydrogen-bond donors (Lipinski definition) is 1. The zero-order chi connectivity index (χ0) is 11.0. The van der Waals surface area contributed by atoms with Crippen LogP contribution in [0.25, 0.3) is 6.08 Å². The molecule has 0 amide bonds. The highest BCUT2D eigenvalue weighted by molar-refractivity contribution is 6.05. The standard InChI is InChI=1S/C12H14N2O2.ClH/c15-13-12-9-3-5-14(6-4-9)11(12)8-10-2-1-7-16-10;/h1-2,7-9,15H,3-6H2;1H/b11-8-,13-12?;. The van der Waals surface area contributed by atoms with Crippen molar-refractivity contribution >= 4 is 24.2 Å². The molecule has 92 valence electrons. The molecule has 4 rings (SSSR count). The quantitative estimate of drug-likeness (QED) is 0.619. The van der Waals surface area contributed by atoms with E-state index < -0.39 is 0 Å². The van der Waals surface area contributed by atoms with Gasteiger partial charge in [0, 0.05) is 25.1 Å². The van der Waals surface area contributed by atoms with Gasteiger partial charge >= 0.3 is 0 Å². The van der Waals surface area contributed by atoms with Crippen molar-refractivity contribution in [1.82, 2.24) is 4.90 Å². The third kappa shape index (κ3) is 2.05. The summed E-state index contributed by atoms with van der Waals surface area (Å²) in [5, 5.41) is 12.6. The number of furan rings is 1. The summed E-state index contributed by atoms with van der Waals surface area (Å²) in [6.45, 7) is 2.10. The Bertz CT molecular complexity index is 431. The number of halogens is 1. The van der Waals surface area contributed by atoms with E-state index >= 15 is 0 Å². The van der Waals surface area contributed by atoms with Crippen LogP contribution in [0, 0.1) is 5.92 Å². The first kappa shape index (κ1) is 12.0. The van der Waals surface area contributed by atoms with E-state index in [1.807, 2.05) is 18.2 Å². The Morgan fingerprint density at radius 2 is 2.18 bits per heavy atom. The van der Waals surface area contributed by atoms with Gasteiger partial charge in [0.05, 0.1) is 12.0 Å². The summed E-state index contributed by atoms with van der Waals surface area (Å²) in [5.41, 5.74) is 1.83. The van der Waals surface area contributed by atoms with Gasteiger partial charge in [-0.2, -0.15) is 0 Å². The number of oxime groups is 1. The number of rotatable bonds is 1. The lowest BCUT2D eigenvalue weighted by Crippen LogP contribution is -2.46. The molecule has 0 spiro atoms. The fraction of sp³-hybridized carbons (Fsp3) is 0.417. The number of hydrogen-bond acceptors (Lipinski definition) is 4. The third-order valence-electron chi connectivity index (χ3n) is 3.41. The van der Waals surface area contributed by atoms with Crippen molar-refractivity contribution in [3.63, 3.8) is 0 Å². The van der Waals surface area contributed by atoms with E-state index in [9.17, 15) is 0 Å². The van der Waals surface area contributed by atoms with E-state index in [4.69, 9.17) is 9.62 Å². The normalized spacial score (nSPS) is 24.4. The number of nitrogens with zero attached hydrogens (tertiary/aromatic N) is 2. The Hall–Kier alpha value is -1.42. The molecule has 3 saturated heterocycles. The van der Waals surface area contributed by atoms with Crippen LogP contribution in [0.4, 0.5) is 0 Å². The average Bonchev–Trinajstić information content (AvgIpc) is 2.83. The molecule has 3 aliphatic heterocycles. The average molecular weight is 255 g/mol. The fourth-order valence-electron chi connectivity index (χ4n) is 2.57. The van der Waals surface area contributed by atoms with E-state index in [2.05, 4.69) is 10.1 Å².